The van der Waals surface area contributed by atoms with Crippen molar-refractivity contribution in [1.29, 1.82) is 5.26 Å². The Labute approximate surface area is 146 Å². The molecule has 124 valence electrons. The van der Waals surface area contributed by atoms with Crippen LogP contribution in [0, 0.1) is 24.2 Å². The second-order valence-electron chi connectivity index (χ2n) is 6.18. The molecule has 1 aromatic heterocycles. The zero-order valence-corrected chi connectivity index (χ0v) is 13.8. The molecule has 0 saturated carbocycles. The summed E-state index contributed by atoms with van der Waals surface area (Å²) < 4.78 is 7.72. The van der Waals surface area contributed by atoms with E-state index in [2.05, 4.69) is 11.2 Å². The lowest BCUT2D eigenvalue weighted by Gasteiger charge is -2.33. The van der Waals surface area contributed by atoms with Gasteiger partial charge >= 0.3 is 0 Å². The number of para-hydroxylation sites is 1. The van der Waals surface area contributed by atoms with Gasteiger partial charge in [0.1, 0.15) is 5.92 Å². The summed E-state index contributed by atoms with van der Waals surface area (Å²) in [7, 11) is 0. The van der Waals surface area contributed by atoms with Crippen molar-refractivity contribution in [2.45, 2.75) is 19.1 Å². The van der Waals surface area contributed by atoms with Crippen molar-refractivity contribution in [2.75, 3.05) is 0 Å². The van der Waals surface area contributed by atoms with Crippen LogP contribution in [0.5, 0.6) is 5.88 Å². The number of nitriles is 1. The molecule has 0 spiro atoms. The number of fused-ring (bicyclic) bond motifs is 1. The molecule has 1 aliphatic rings. The molecule has 25 heavy (non-hydrogen) atoms. The predicted molar refractivity (Wildman–Crippen MR) is 94.3 cm³/mol. The number of benzene rings is 2. The highest BCUT2D eigenvalue weighted by Crippen LogP contribution is 2.45. The monoisotopic (exact) mass is 330 g/mol. The van der Waals surface area contributed by atoms with Crippen molar-refractivity contribution in [2.24, 2.45) is 11.7 Å². The van der Waals surface area contributed by atoms with Gasteiger partial charge in [0, 0.05) is 11.5 Å². The molecule has 0 amide bonds. The Bertz CT molecular complexity index is 928. The zero-order valence-electron chi connectivity index (χ0n) is 13.8. The lowest BCUT2D eigenvalue weighted by Crippen LogP contribution is -2.42. The molecular weight excluding hydrogens is 312 g/mol. The molecule has 0 radical (unpaired) electrons. The average molecular weight is 330 g/mol. The minimum absolute atomic E-state index is 0.164. The van der Waals surface area contributed by atoms with Crippen LogP contribution < -0.4 is 10.5 Å². The molecule has 0 bridgehead atoms. The zero-order chi connectivity index (χ0) is 17.4. The number of hydrogen-bond donors (Lipinski definition) is 1. The van der Waals surface area contributed by atoms with Gasteiger partial charge in [-0.15, -0.1) is 0 Å². The second kappa shape index (κ2) is 6.08. The minimum Gasteiger partial charge on any atom is -0.457 e. The third kappa shape index (κ3) is 2.48. The first-order valence-corrected chi connectivity index (χ1v) is 8.22. The topological polar surface area (TPSA) is 76.9 Å². The Morgan fingerprint density at radius 1 is 1.08 bits per heavy atom. The molecule has 3 unspecified atom stereocenters. The standard InChI is InChI=1S/C20H18N4O/c1-13-17-18(14-8-4-2-5-9-14)16(12-21)19(22)25-20(17)24(23-13)15-10-6-3-7-11-15/h2-11,16,18-19H,22H2,1H3. The smallest absolute Gasteiger partial charge is 0.222 e. The number of rotatable bonds is 2. The predicted octanol–water partition coefficient (Wildman–Crippen LogP) is 3.13. The molecule has 0 aliphatic carbocycles. The van der Waals surface area contributed by atoms with Crippen molar-refractivity contribution < 1.29 is 4.74 Å². The van der Waals surface area contributed by atoms with Crippen LogP contribution in [0.4, 0.5) is 0 Å². The van der Waals surface area contributed by atoms with Crippen LogP contribution >= 0.6 is 0 Å². The van der Waals surface area contributed by atoms with Crippen molar-refractivity contribution in [3.05, 3.63) is 77.5 Å². The summed E-state index contributed by atoms with van der Waals surface area (Å²) in [6.07, 6.45) is -0.707. The molecule has 3 aromatic rings. The van der Waals surface area contributed by atoms with Gasteiger partial charge in [0.2, 0.25) is 5.88 Å². The van der Waals surface area contributed by atoms with Gasteiger partial charge in [-0.25, -0.2) is 4.68 Å². The van der Waals surface area contributed by atoms with Crippen LogP contribution in [-0.2, 0) is 0 Å². The number of hydrogen-bond acceptors (Lipinski definition) is 4. The van der Waals surface area contributed by atoms with Gasteiger partial charge in [0.05, 0.1) is 17.5 Å². The lowest BCUT2D eigenvalue weighted by molar-refractivity contribution is 0.125. The molecule has 0 fully saturated rings. The van der Waals surface area contributed by atoms with Gasteiger partial charge in [0.25, 0.3) is 0 Å². The van der Waals surface area contributed by atoms with Crippen LogP contribution in [0.25, 0.3) is 5.69 Å². The number of aryl methyl sites for hydroxylation is 1. The molecular formula is C20H18N4O. The van der Waals surface area contributed by atoms with E-state index in [0.29, 0.717) is 5.88 Å². The summed E-state index contributed by atoms with van der Waals surface area (Å²) in [4.78, 5) is 0. The van der Waals surface area contributed by atoms with Crippen molar-refractivity contribution in [1.82, 2.24) is 9.78 Å². The fraction of sp³-hybridized carbons (Fsp3) is 0.200. The summed E-state index contributed by atoms with van der Waals surface area (Å²) in [5, 5.41) is 14.4. The molecule has 3 atom stereocenters. The van der Waals surface area contributed by atoms with E-state index in [9.17, 15) is 5.26 Å². The van der Waals surface area contributed by atoms with E-state index in [4.69, 9.17) is 10.5 Å². The Balaban J connectivity index is 1.94. The quantitative estimate of drug-likeness (QED) is 0.783. The molecule has 1 aliphatic heterocycles. The van der Waals surface area contributed by atoms with Crippen LogP contribution in [0.3, 0.4) is 0 Å². The van der Waals surface area contributed by atoms with Gasteiger partial charge in [-0.3, -0.25) is 5.73 Å². The van der Waals surface area contributed by atoms with E-state index in [1.807, 2.05) is 67.6 Å². The SMILES string of the molecule is Cc1nn(-c2ccccc2)c2c1C(c1ccccc1)C(C#N)C(N)O2. The fourth-order valence-electron chi connectivity index (χ4n) is 3.49. The third-order valence-corrected chi connectivity index (χ3v) is 4.64. The van der Waals surface area contributed by atoms with Crippen LogP contribution in [0.1, 0.15) is 22.7 Å². The molecule has 2 heterocycles. The summed E-state index contributed by atoms with van der Waals surface area (Å²) in [6, 6.07) is 22.1. The first kappa shape index (κ1) is 15.4. The lowest BCUT2D eigenvalue weighted by atomic mass is 9.79. The first-order valence-electron chi connectivity index (χ1n) is 8.22. The summed E-state index contributed by atoms with van der Waals surface area (Å²) in [6.45, 7) is 1.95. The van der Waals surface area contributed by atoms with Crippen molar-refractivity contribution in [3.63, 3.8) is 0 Å². The maximum Gasteiger partial charge on any atom is 0.222 e. The molecule has 5 nitrogen and oxygen atoms in total. The van der Waals surface area contributed by atoms with Crippen molar-refractivity contribution in [3.8, 4) is 17.6 Å². The number of ether oxygens (including phenoxy) is 1. The van der Waals surface area contributed by atoms with Gasteiger partial charge in [-0.05, 0) is 24.6 Å². The summed E-state index contributed by atoms with van der Waals surface area (Å²) >= 11 is 0. The summed E-state index contributed by atoms with van der Waals surface area (Å²) in [5.74, 6) is -0.0130. The second-order valence-corrected chi connectivity index (χ2v) is 6.18. The molecule has 2 aromatic carbocycles. The van der Waals surface area contributed by atoms with Crippen molar-refractivity contribution >= 4 is 0 Å². The Morgan fingerprint density at radius 2 is 1.72 bits per heavy atom. The molecule has 2 N–H and O–H groups in total. The fourth-order valence-corrected chi connectivity index (χ4v) is 3.49. The largest absolute Gasteiger partial charge is 0.457 e. The number of nitrogens with zero attached hydrogens (tertiary/aromatic N) is 3. The highest BCUT2D eigenvalue weighted by Gasteiger charge is 2.41. The van der Waals surface area contributed by atoms with E-state index >= 15 is 0 Å². The number of nitrogens with two attached hydrogens (primary N) is 1. The van der Waals surface area contributed by atoms with E-state index < -0.39 is 12.1 Å². The molecule has 0 saturated heterocycles. The Kier molecular flexibility index (Phi) is 3.75. The van der Waals surface area contributed by atoms with Gasteiger partial charge < -0.3 is 4.74 Å². The minimum atomic E-state index is -0.707. The van der Waals surface area contributed by atoms with Gasteiger partial charge in [-0.1, -0.05) is 48.5 Å². The van der Waals surface area contributed by atoms with Gasteiger partial charge in [0.15, 0.2) is 6.23 Å². The van der Waals surface area contributed by atoms with Gasteiger partial charge in [-0.2, -0.15) is 10.4 Å². The Hall–Kier alpha value is -3.10. The number of aromatic nitrogens is 2. The third-order valence-electron chi connectivity index (χ3n) is 4.64. The molecule has 4 rings (SSSR count). The highest BCUT2D eigenvalue weighted by molar-refractivity contribution is 5.49. The van der Waals surface area contributed by atoms with Crippen LogP contribution in [0.2, 0.25) is 0 Å². The van der Waals surface area contributed by atoms with Crippen LogP contribution in [0.15, 0.2) is 60.7 Å². The maximum atomic E-state index is 9.70. The Morgan fingerprint density at radius 3 is 2.36 bits per heavy atom. The maximum absolute atomic E-state index is 9.70. The van der Waals surface area contributed by atoms with E-state index in [1.54, 1.807) is 4.68 Å². The average Bonchev–Trinajstić information content (AvgIpc) is 2.98. The van der Waals surface area contributed by atoms with E-state index in [0.717, 1.165) is 22.5 Å². The van der Waals surface area contributed by atoms with E-state index in [1.165, 1.54) is 0 Å². The van der Waals surface area contributed by atoms with Crippen LogP contribution in [-0.4, -0.2) is 16.0 Å². The normalized spacial score (nSPS) is 21.9. The van der Waals surface area contributed by atoms with E-state index in [-0.39, 0.29) is 5.92 Å². The molecule has 5 heteroatoms. The summed E-state index contributed by atoms with van der Waals surface area (Å²) in [5.41, 5.74) is 9.93. The highest BCUT2D eigenvalue weighted by atomic mass is 16.5. The first-order chi connectivity index (χ1) is 12.2.